The molecular formula is C25H20BrClFN3O5S. The highest BCUT2D eigenvalue weighted by atomic mass is 79.9. The van der Waals surface area contributed by atoms with Gasteiger partial charge in [0.1, 0.15) is 5.75 Å². The maximum absolute atomic E-state index is 15.3. The quantitative estimate of drug-likeness (QED) is 0.342. The second-order valence-electron chi connectivity index (χ2n) is 7.85. The lowest BCUT2D eigenvalue weighted by Crippen LogP contribution is -2.29. The highest BCUT2D eigenvalue weighted by Crippen LogP contribution is 2.35. The van der Waals surface area contributed by atoms with Gasteiger partial charge in [-0.1, -0.05) is 24.6 Å². The number of ether oxygens (including phenoxy) is 1. The van der Waals surface area contributed by atoms with Gasteiger partial charge in [-0.05, 0) is 70.9 Å². The standard InChI is InChI=1S/C25H20BrClFN3O5S/c1-3-22(32)31-37(34,35)18-5-7-21(20(27)12-18)30-23(33)11-16-4-6-19(26)25(24(16)28)36-17-9-14(2)8-15(10-17)13-29/h4-10,12H,3,11H2,1-2H3,(H,30,33)(H,31,32). The van der Waals surface area contributed by atoms with Crippen molar-refractivity contribution in [2.24, 2.45) is 0 Å². The first-order chi connectivity index (χ1) is 17.4. The molecule has 0 bridgehead atoms. The summed E-state index contributed by atoms with van der Waals surface area (Å²) < 4.78 is 47.7. The van der Waals surface area contributed by atoms with E-state index >= 15 is 4.39 Å². The smallest absolute Gasteiger partial charge is 0.264 e. The lowest BCUT2D eigenvalue weighted by Gasteiger charge is -2.13. The van der Waals surface area contributed by atoms with E-state index in [9.17, 15) is 18.0 Å². The monoisotopic (exact) mass is 607 g/mol. The van der Waals surface area contributed by atoms with Crippen molar-refractivity contribution in [1.29, 1.82) is 5.26 Å². The van der Waals surface area contributed by atoms with Crippen LogP contribution in [-0.2, 0) is 26.0 Å². The molecule has 3 rings (SSSR count). The number of nitrogens with one attached hydrogen (secondary N) is 2. The van der Waals surface area contributed by atoms with Gasteiger partial charge in [-0.3, -0.25) is 9.59 Å². The number of aryl methyl sites for hydroxylation is 1. The molecule has 3 aromatic rings. The molecule has 37 heavy (non-hydrogen) atoms. The molecule has 0 saturated heterocycles. The summed E-state index contributed by atoms with van der Waals surface area (Å²) in [7, 11) is -4.12. The highest BCUT2D eigenvalue weighted by molar-refractivity contribution is 9.10. The van der Waals surface area contributed by atoms with Crippen molar-refractivity contribution in [2.45, 2.75) is 31.6 Å². The average Bonchev–Trinajstić information content (AvgIpc) is 2.84. The number of carbonyl (C=O) groups is 2. The van der Waals surface area contributed by atoms with Gasteiger partial charge in [0.05, 0.1) is 38.1 Å². The first-order valence-corrected chi connectivity index (χ1v) is 13.4. The molecule has 0 aliphatic rings. The Balaban J connectivity index is 1.78. The van der Waals surface area contributed by atoms with E-state index in [2.05, 4.69) is 21.2 Å². The van der Waals surface area contributed by atoms with E-state index < -0.39 is 27.7 Å². The van der Waals surface area contributed by atoms with Crippen LogP contribution in [0.3, 0.4) is 0 Å². The van der Waals surface area contributed by atoms with Crippen molar-refractivity contribution in [3.63, 3.8) is 0 Å². The Morgan fingerprint density at radius 3 is 2.51 bits per heavy atom. The second-order valence-corrected chi connectivity index (χ2v) is 10.8. The van der Waals surface area contributed by atoms with Gasteiger partial charge in [0.15, 0.2) is 11.6 Å². The Labute approximate surface area is 226 Å². The van der Waals surface area contributed by atoms with Crippen LogP contribution in [0, 0.1) is 24.1 Å². The van der Waals surface area contributed by atoms with Gasteiger partial charge >= 0.3 is 0 Å². The van der Waals surface area contributed by atoms with Gasteiger partial charge in [0.2, 0.25) is 11.8 Å². The van der Waals surface area contributed by atoms with Crippen molar-refractivity contribution in [3.8, 4) is 17.6 Å². The summed E-state index contributed by atoms with van der Waals surface area (Å²) in [6.45, 7) is 3.28. The van der Waals surface area contributed by atoms with E-state index in [1.54, 1.807) is 19.1 Å². The van der Waals surface area contributed by atoms with Crippen LogP contribution in [0.2, 0.25) is 5.02 Å². The van der Waals surface area contributed by atoms with E-state index in [0.717, 1.165) is 11.6 Å². The Kier molecular flexibility index (Phi) is 8.91. The minimum atomic E-state index is -4.12. The molecule has 8 nitrogen and oxygen atoms in total. The number of benzene rings is 3. The molecule has 2 N–H and O–H groups in total. The number of amides is 2. The van der Waals surface area contributed by atoms with Crippen LogP contribution in [-0.4, -0.2) is 20.2 Å². The predicted molar refractivity (Wildman–Crippen MR) is 139 cm³/mol. The summed E-state index contributed by atoms with van der Waals surface area (Å²) >= 11 is 9.38. The van der Waals surface area contributed by atoms with Crippen LogP contribution in [0.15, 0.2) is 57.9 Å². The maximum atomic E-state index is 15.3. The lowest BCUT2D eigenvalue weighted by atomic mass is 10.1. The first kappa shape index (κ1) is 28.1. The Morgan fingerprint density at radius 1 is 1.14 bits per heavy atom. The zero-order valence-corrected chi connectivity index (χ0v) is 22.7. The van der Waals surface area contributed by atoms with E-state index in [1.165, 1.54) is 37.3 Å². The Bertz CT molecular complexity index is 1540. The number of halogens is 3. The summed E-state index contributed by atoms with van der Waals surface area (Å²) in [5.74, 6) is -1.97. The largest absolute Gasteiger partial charge is 0.453 e. The van der Waals surface area contributed by atoms with Gasteiger partial charge in [0, 0.05) is 12.0 Å². The van der Waals surface area contributed by atoms with Gasteiger partial charge < -0.3 is 10.1 Å². The van der Waals surface area contributed by atoms with Gasteiger partial charge in [0.25, 0.3) is 10.0 Å². The van der Waals surface area contributed by atoms with E-state index in [1.807, 2.05) is 10.8 Å². The number of anilines is 1. The van der Waals surface area contributed by atoms with Crippen molar-refractivity contribution in [3.05, 3.63) is 80.5 Å². The molecule has 0 atom stereocenters. The third kappa shape index (κ3) is 7.07. The van der Waals surface area contributed by atoms with Crippen LogP contribution in [0.25, 0.3) is 0 Å². The summed E-state index contributed by atoms with van der Waals surface area (Å²) in [5, 5.41) is 11.6. The van der Waals surface area contributed by atoms with E-state index in [-0.39, 0.29) is 45.5 Å². The third-order valence-electron chi connectivity index (χ3n) is 4.97. The molecule has 0 spiro atoms. The van der Waals surface area contributed by atoms with Crippen molar-refractivity contribution < 1.29 is 27.1 Å². The van der Waals surface area contributed by atoms with Gasteiger partial charge in [-0.2, -0.15) is 5.26 Å². The third-order valence-corrected chi connectivity index (χ3v) is 7.28. The normalized spacial score (nSPS) is 10.9. The number of nitrogens with zero attached hydrogens (tertiary/aromatic N) is 1. The summed E-state index contributed by atoms with van der Waals surface area (Å²) in [4.78, 5) is 23.8. The number of nitriles is 1. The summed E-state index contributed by atoms with van der Waals surface area (Å²) in [6, 6.07) is 13.3. The lowest BCUT2D eigenvalue weighted by molar-refractivity contribution is -0.119. The van der Waals surface area contributed by atoms with Crippen LogP contribution in [0.5, 0.6) is 11.5 Å². The molecule has 0 unspecified atom stereocenters. The van der Waals surface area contributed by atoms with Crippen LogP contribution in [0.4, 0.5) is 10.1 Å². The van der Waals surface area contributed by atoms with E-state index in [4.69, 9.17) is 21.6 Å². The van der Waals surface area contributed by atoms with Crippen LogP contribution < -0.4 is 14.8 Å². The number of rotatable bonds is 8. The number of carbonyl (C=O) groups excluding carboxylic acids is 2. The molecule has 192 valence electrons. The van der Waals surface area contributed by atoms with Crippen molar-refractivity contribution in [1.82, 2.24) is 4.72 Å². The molecule has 0 radical (unpaired) electrons. The molecule has 0 aliphatic heterocycles. The molecule has 0 heterocycles. The molecule has 0 aromatic heterocycles. The zero-order chi connectivity index (χ0) is 27.3. The Hall–Kier alpha value is -3.46. The van der Waals surface area contributed by atoms with Crippen molar-refractivity contribution >= 4 is 55.1 Å². The molecule has 0 saturated carbocycles. The summed E-state index contributed by atoms with van der Waals surface area (Å²) in [5.41, 5.74) is 1.24. The second kappa shape index (κ2) is 11.7. The minimum Gasteiger partial charge on any atom is -0.453 e. The fourth-order valence-corrected chi connectivity index (χ4v) is 4.97. The zero-order valence-electron chi connectivity index (χ0n) is 19.6. The highest BCUT2D eigenvalue weighted by Gasteiger charge is 2.20. The number of hydrogen-bond donors (Lipinski definition) is 2. The molecule has 0 aliphatic carbocycles. The van der Waals surface area contributed by atoms with Crippen molar-refractivity contribution in [2.75, 3.05) is 5.32 Å². The molecule has 12 heteroatoms. The summed E-state index contributed by atoms with van der Waals surface area (Å²) in [6.07, 6.45) is -0.401. The SMILES string of the molecule is CCC(=O)NS(=O)(=O)c1ccc(NC(=O)Cc2ccc(Br)c(Oc3cc(C)cc(C#N)c3)c2F)c(Cl)c1. The van der Waals surface area contributed by atoms with Gasteiger partial charge in [-0.15, -0.1) is 0 Å². The van der Waals surface area contributed by atoms with Gasteiger partial charge in [-0.25, -0.2) is 17.5 Å². The first-order valence-electron chi connectivity index (χ1n) is 10.7. The fraction of sp³-hybridized carbons (Fsp3) is 0.160. The number of sulfonamides is 1. The Morgan fingerprint density at radius 2 is 1.86 bits per heavy atom. The maximum Gasteiger partial charge on any atom is 0.264 e. The minimum absolute atomic E-state index is 0.0215. The fourth-order valence-electron chi connectivity index (χ4n) is 3.21. The number of hydrogen-bond acceptors (Lipinski definition) is 6. The molecule has 3 aromatic carbocycles. The van der Waals surface area contributed by atoms with E-state index in [0.29, 0.717) is 10.0 Å². The predicted octanol–water partition coefficient (Wildman–Crippen LogP) is 5.61. The van der Waals surface area contributed by atoms with Crippen LogP contribution in [0.1, 0.15) is 30.0 Å². The average molecular weight is 609 g/mol. The topological polar surface area (TPSA) is 125 Å². The van der Waals surface area contributed by atoms with Crippen LogP contribution >= 0.6 is 27.5 Å². The molecule has 2 amide bonds. The molecular weight excluding hydrogens is 589 g/mol. The molecule has 0 fully saturated rings.